The van der Waals surface area contributed by atoms with Crippen LogP contribution in [0.3, 0.4) is 0 Å². The van der Waals surface area contributed by atoms with Gasteiger partial charge in [0.15, 0.2) is 0 Å². The molecule has 0 aromatic heterocycles. The van der Waals surface area contributed by atoms with Crippen LogP contribution in [0.15, 0.2) is 0 Å². The largest absolute Gasteiger partial charge is 0.394 e. The van der Waals surface area contributed by atoms with Gasteiger partial charge < -0.3 is 30.3 Å². The molecule has 0 bridgehead atoms. The third kappa shape index (κ3) is 2.16. The third-order valence-electron chi connectivity index (χ3n) is 1.98. The van der Waals surface area contributed by atoms with Gasteiger partial charge in [-0.15, -0.1) is 0 Å². The number of aliphatic hydroxyl groups is 5. The minimum atomic E-state index is -1.41. The average Bonchev–Trinajstić information content (AvgIpc) is 2.13. The summed E-state index contributed by atoms with van der Waals surface area (Å²) < 4.78 is 4.73. The standard InChI is InChI=1S/C7H13O6/c8-1-3(9)7-6(12)5(11)4(10)2-13-7/h2-12H,1H2/t3?,4-,5-,6+,7-/m1/s1. The van der Waals surface area contributed by atoms with Gasteiger partial charge in [0.2, 0.25) is 0 Å². The molecule has 1 rings (SSSR count). The molecule has 0 aromatic rings. The zero-order valence-electron chi connectivity index (χ0n) is 6.82. The Balaban J connectivity index is 2.58. The van der Waals surface area contributed by atoms with E-state index in [4.69, 9.17) is 25.2 Å². The molecule has 0 saturated carbocycles. The zero-order valence-corrected chi connectivity index (χ0v) is 6.82. The topological polar surface area (TPSA) is 110 Å². The number of aliphatic hydroxyl groups excluding tert-OH is 5. The second kappa shape index (κ2) is 4.32. The van der Waals surface area contributed by atoms with E-state index in [-0.39, 0.29) is 0 Å². The Morgan fingerprint density at radius 3 is 2.38 bits per heavy atom. The maximum Gasteiger partial charge on any atom is 0.115 e. The lowest BCUT2D eigenvalue weighted by molar-refractivity contribution is -0.191. The highest BCUT2D eigenvalue weighted by atomic mass is 16.5. The minimum absolute atomic E-state index is 0.585. The minimum Gasteiger partial charge on any atom is -0.394 e. The molecule has 1 unspecified atom stereocenters. The molecule has 5 atom stereocenters. The predicted molar refractivity (Wildman–Crippen MR) is 40.3 cm³/mol. The van der Waals surface area contributed by atoms with Gasteiger partial charge in [0, 0.05) is 0 Å². The van der Waals surface area contributed by atoms with Gasteiger partial charge in [0.25, 0.3) is 0 Å². The average molecular weight is 193 g/mol. The van der Waals surface area contributed by atoms with Gasteiger partial charge in [-0.3, -0.25) is 0 Å². The lowest BCUT2D eigenvalue weighted by Crippen LogP contribution is -2.55. The maximum atomic E-state index is 9.28. The van der Waals surface area contributed by atoms with Gasteiger partial charge in [-0.1, -0.05) is 0 Å². The van der Waals surface area contributed by atoms with Crippen LogP contribution in [-0.2, 0) is 4.74 Å². The molecule has 77 valence electrons. The Bertz CT molecular complexity index is 163. The molecular formula is C7H13O6. The monoisotopic (exact) mass is 193 g/mol. The number of hydrogen-bond acceptors (Lipinski definition) is 6. The van der Waals surface area contributed by atoms with Crippen molar-refractivity contribution in [2.24, 2.45) is 0 Å². The summed E-state index contributed by atoms with van der Waals surface area (Å²) in [5, 5.41) is 45.1. The van der Waals surface area contributed by atoms with E-state index >= 15 is 0 Å². The molecule has 1 aliphatic heterocycles. The maximum absolute atomic E-state index is 9.28. The summed E-state index contributed by atoms with van der Waals surface area (Å²) in [6.07, 6.45) is -6.49. The molecule has 1 aliphatic rings. The lowest BCUT2D eigenvalue weighted by atomic mass is 9.97. The van der Waals surface area contributed by atoms with E-state index in [1.165, 1.54) is 0 Å². The zero-order chi connectivity index (χ0) is 10.0. The summed E-state index contributed by atoms with van der Waals surface area (Å²) in [5.41, 5.74) is 0. The van der Waals surface area contributed by atoms with E-state index in [0.717, 1.165) is 6.61 Å². The molecule has 0 amide bonds. The van der Waals surface area contributed by atoms with Crippen molar-refractivity contribution in [3.05, 3.63) is 6.61 Å². The number of ether oxygens (including phenoxy) is 1. The summed E-state index contributed by atoms with van der Waals surface area (Å²) in [6, 6.07) is 0. The molecule has 0 aromatic carbocycles. The Morgan fingerprint density at radius 1 is 1.23 bits per heavy atom. The van der Waals surface area contributed by atoms with Gasteiger partial charge in [0.05, 0.1) is 6.61 Å². The van der Waals surface area contributed by atoms with Crippen molar-refractivity contribution in [1.29, 1.82) is 0 Å². The molecule has 1 radical (unpaired) electrons. The van der Waals surface area contributed by atoms with Crippen molar-refractivity contribution in [3.8, 4) is 0 Å². The van der Waals surface area contributed by atoms with E-state index in [9.17, 15) is 5.11 Å². The molecule has 1 heterocycles. The third-order valence-corrected chi connectivity index (χ3v) is 1.98. The Labute approximate surface area is 75.0 Å². The highest BCUT2D eigenvalue weighted by molar-refractivity contribution is 4.94. The smallest absolute Gasteiger partial charge is 0.115 e. The molecular weight excluding hydrogens is 180 g/mol. The highest BCUT2D eigenvalue weighted by Crippen LogP contribution is 2.20. The van der Waals surface area contributed by atoms with Crippen LogP contribution >= 0.6 is 0 Å². The first-order valence-corrected chi connectivity index (χ1v) is 3.90. The highest BCUT2D eigenvalue weighted by Gasteiger charge is 2.41. The molecule has 1 saturated heterocycles. The summed E-state index contributed by atoms with van der Waals surface area (Å²) in [5.74, 6) is 0. The van der Waals surface area contributed by atoms with Crippen LogP contribution in [0.2, 0.25) is 0 Å². The van der Waals surface area contributed by atoms with Gasteiger partial charge in [-0.25, -0.2) is 0 Å². The van der Waals surface area contributed by atoms with Crippen molar-refractivity contribution in [1.82, 2.24) is 0 Å². The van der Waals surface area contributed by atoms with Gasteiger partial charge in [-0.2, -0.15) is 0 Å². The van der Waals surface area contributed by atoms with Crippen LogP contribution in [0.25, 0.3) is 0 Å². The molecule has 5 N–H and O–H groups in total. The number of hydrogen-bond donors (Lipinski definition) is 5. The molecule has 1 fully saturated rings. The van der Waals surface area contributed by atoms with Crippen LogP contribution < -0.4 is 0 Å². The van der Waals surface area contributed by atoms with E-state index < -0.39 is 37.1 Å². The Kier molecular flexibility index (Phi) is 3.60. The predicted octanol–water partition coefficient (Wildman–Crippen LogP) is -3.02. The summed E-state index contributed by atoms with van der Waals surface area (Å²) in [6.45, 7) is 0.333. The summed E-state index contributed by atoms with van der Waals surface area (Å²) >= 11 is 0. The summed E-state index contributed by atoms with van der Waals surface area (Å²) in [4.78, 5) is 0. The van der Waals surface area contributed by atoms with E-state index in [1.807, 2.05) is 0 Å². The molecule has 6 nitrogen and oxygen atoms in total. The van der Waals surface area contributed by atoms with E-state index in [1.54, 1.807) is 0 Å². The summed E-state index contributed by atoms with van der Waals surface area (Å²) in [7, 11) is 0. The first-order chi connectivity index (χ1) is 6.07. The van der Waals surface area contributed by atoms with E-state index in [0.29, 0.717) is 0 Å². The Morgan fingerprint density at radius 2 is 1.85 bits per heavy atom. The van der Waals surface area contributed by atoms with Crippen molar-refractivity contribution in [3.63, 3.8) is 0 Å². The van der Waals surface area contributed by atoms with Crippen molar-refractivity contribution < 1.29 is 30.3 Å². The second-order valence-corrected chi connectivity index (χ2v) is 2.96. The van der Waals surface area contributed by atoms with E-state index in [2.05, 4.69) is 0 Å². The lowest BCUT2D eigenvalue weighted by Gasteiger charge is -2.36. The Hall–Kier alpha value is -0.240. The SMILES string of the molecule is OCC(O)[C@H]1O[CH][C@@H](O)[C@@H](O)[C@@H]1O. The van der Waals surface area contributed by atoms with Crippen molar-refractivity contribution in [2.75, 3.05) is 6.61 Å². The van der Waals surface area contributed by atoms with Crippen molar-refractivity contribution >= 4 is 0 Å². The quantitative estimate of drug-likeness (QED) is 0.319. The second-order valence-electron chi connectivity index (χ2n) is 2.96. The fourth-order valence-electron chi connectivity index (χ4n) is 1.15. The normalized spacial score (nSPS) is 43.2. The molecule has 13 heavy (non-hydrogen) atoms. The fraction of sp³-hybridized carbons (Fsp3) is 0.857. The van der Waals surface area contributed by atoms with Crippen molar-refractivity contribution in [2.45, 2.75) is 30.5 Å². The van der Waals surface area contributed by atoms with Gasteiger partial charge in [-0.05, 0) is 0 Å². The van der Waals surface area contributed by atoms with Crippen LogP contribution in [0.1, 0.15) is 0 Å². The van der Waals surface area contributed by atoms with Crippen LogP contribution in [0.4, 0.5) is 0 Å². The first kappa shape index (κ1) is 10.8. The molecule has 0 spiro atoms. The van der Waals surface area contributed by atoms with Gasteiger partial charge >= 0.3 is 0 Å². The van der Waals surface area contributed by atoms with Gasteiger partial charge in [0.1, 0.15) is 37.1 Å². The molecule has 6 heteroatoms. The molecule has 0 aliphatic carbocycles. The first-order valence-electron chi connectivity index (χ1n) is 3.90. The van der Waals surface area contributed by atoms with Crippen LogP contribution in [0, 0.1) is 6.61 Å². The van der Waals surface area contributed by atoms with Crippen LogP contribution in [-0.4, -0.2) is 62.7 Å². The number of rotatable bonds is 2. The van der Waals surface area contributed by atoms with Crippen LogP contribution in [0.5, 0.6) is 0 Å². The fourth-order valence-corrected chi connectivity index (χ4v) is 1.15.